The number of rotatable bonds is 24. The Kier molecular flexibility index (Phi) is 15.9. The third kappa shape index (κ3) is 12.4. The van der Waals surface area contributed by atoms with Crippen LogP contribution in [0.3, 0.4) is 0 Å². The van der Waals surface area contributed by atoms with Crippen molar-refractivity contribution in [1.29, 1.82) is 0 Å². The Balaban J connectivity index is 1.01. The van der Waals surface area contributed by atoms with E-state index in [0.717, 1.165) is 79.7 Å². The SMILES string of the molecule is C=CC(=O)OCCCCCCOc1ccc(OCOc2ccc3c(c2)C(C)c2cc(OC(=O)c4ccc(OCCCCCCOC(=O)C=C)cn4)ccc2-3)nc1. The number of carbonyl (C=O) groups excluding carboxylic acids is 3. The van der Waals surface area contributed by atoms with Crippen LogP contribution in [0.5, 0.6) is 28.9 Å². The zero-order valence-corrected chi connectivity index (χ0v) is 31.7. The van der Waals surface area contributed by atoms with Crippen LogP contribution >= 0.6 is 0 Å². The molecule has 1 atom stereocenters. The molecule has 12 nitrogen and oxygen atoms in total. The molecule has 0 aliphatic heterocycles. The van der Waals surface area contributed by atoms with Gasteiger partial charge in [-0.2, -0.15) is 0 Å². The maximum absolute atomic E-state index is 12.9. The van der Waals surface area contributed by atoms with Gasteiger partial charge in [-0.1, -0.05) is 32.2 Å². The predicted molar refractivity (Wildman–Crippen MR) is 209 cm³/mol. The van der Waals surface area contributed by atoms with Crippen LogP contribution in [0, 0.1) is 0 Å². The molecule has 0 fully saturated rings. The lowest BCUT2D eigenvalue weighted by Gasteiger charge is -2.11. The standard InChI is InChI=1S/C44H48N2O10/c1-4-42(47)52-24-12-8-6-10-22-50-34-16-20-40(45-28-34)44(49)56-33-15-19-37-36-18-14-32(26-38(36)31(3)39(37)27-33)54-30-55-41-21-17-35(29-46-41)51-23-11-7-9-13-25-53-43(48)5-2/h4-5,14-21,26-29,31H,1-2,6-13,22-25,30H2,3H3. The molecule has 56 heavy (non-hydrogen) atoms. The van der Waals surface area contributed by atoms with Gasteiger partial charge in [-0.15, -0.1) is 0 Å². The minimum atomic E-state index is -0.557. The van der Waals surface area contributed by atoms with E-state index in [1.165, 1.54) is 12.3 Å². The van der Waals surface area contributed by atoms with Crippen molar-refractivity contribution >= 4 is 17.9 Å². The van der Waals surface area contributed by atoms with E-state index in [-0.39, 0.29) is 18.4 Å². The van der Waals surface area contributed by atoms with Crippen LogP contribution in [0.15, 0.2) is 98.4 Å². The second kappa shape index (κ2) is 21.7. The first-order chi connectivity index (χ1) is 27.3. The van der Waals surface area contributed by atoms with Crippen LogP contribution < -0.4 is 23.7 Å². The topological polar surface area (TPSA) is 142 Å². The molecule has 0 saturated heterocycles. The molecular formula is C44H48N2O10. The first kappa shape index (κ1) is 41.0. The minimum absolute atomic E-state index is 0.0192. The van der Waals surface area contributed by atoms with Crippen LogP contribution in [0.1, 0.15) is 85.8 Å². The van der Waals surface area contributed by atoms with E-state index in [0.29, 0.717) is 55.3 Å². The number of hydrogen-bond donors (Lipinski definition) is 0. The predicted octanol–water partition coefficient (Wildman–Crippen LogP) is 8.58. The molecule has 0 spiro atoms. The number of ether oxygens (including phenoxy) is 7. The molecule has 5 rings (SSSR count). The molecule has 2 aromatic heterocycles. The summed E-state index contributed by atoms with van der Waals surface area (Å²) < 4.78 is 38.8. The monoisotopic (exact) mass is 764 g/mol. The van der Waals surface area contributed by atoms with Gasteiger partial charge < -0.3 is 33.2 Å². The van der Waals surface area contributed by atoms with Crippen LogP contribution in [0.2, 0.25) is 0 Å². The second-order valence-corrected chi connectivity index (χ2v) is 13.0. The maximum Gasteiger partial charge on any atom is 0.362 e. The summed E-state index contributed by atoms with van der Waals surface area (Å²) in [4.78, 5) is 43.6. The van der Waals surface area contributed by atoms with E-state index < -0.39 is 17.9 Å². The first-order valence-corrected chi connectivity index (χ1v) is 18.9. The van der Waals surface area contributed by atoms with Crippen molar-refractivity contribution in [1.82, 2.24) is 9.97 Å². The van der Waals surface area contributed by atoms with Crippen molar-refractivity contribution in [3.8, 4) is 40.0 Å². The van der Waals surface area contributed by atoms with Gasteiger partial charge in [0.1, 0.15) is 28.7 Å². The van der Waals surface area contributed by atoms with Gasteiger partial charge in [0.15, 0.2) is 0 Å². The maximum atomic E-state index is 12.9. The van der Waals surface area contributed by atoms with Crippen molar-refractivity contribution < 1.29 is 47.5 Å². The van der Waals surface area contributed by atoms with Gasteiger partial charge in [-0.05, 0) is 116 Å². The molecule has 0 N–H and O–H groups in total. The highest BCUT2D eigenvalue weighted by molar-refractivity contribution is 5.89. The van der Waals surface area contributed by atoms with Crippen molar-refractivity contribution in [2.45, 2.75) is 64.2 Å². The fourth-order valence-electron chi connectivity index (χ4n) is 6.01. The summed E-state index contributed by atoms with van der Waals surface area (Å²) >= 11 is 0. The first-order valence-electron chi connectivity index (χ1n) is 18.9. The van der Waals surface area contributed by atoms with Crippen LogP contribution in [0.4, 0.5) is 0 Å². The van der Waals surface area contributed by atoms with Gasteiger partial charge in [0.2, 0.25) is 12.7 Å². The Morgan fingerprint density at radius 2 is 1.11 bits per heavy atom. The number of hydrogen-bond acceptors (Lipinski definition) is 12. The second-order valence-electron chi connectivity index (χ2n) is 13.0. The fraction of sp³-hybridized carbons (Fsp3) is 0.341. The van der Waals surface area contributed by atoms with Gasteiger partial charge in [-0.25, -0.2) is 24.4 Å². The number of esters is 3. The molecule has 2 heterocycles. The molecule has 1 aliphatic carbocycles. The van der Waals surface area contributed by atoms with E-state index in [2.05, 4.69) is 30.0 Å². The van der Waals surface area contributed by atoms with Gasteiger partial charge in [0.05, 0.1) is 38.8 Å². The summed E-state index contributed by atoms with van der Waals surface area (Å²) in [6.07, 6.45) is 12.6. The molecule has 12 heteroatoms. The molecule has 0 bridgehead atoms. The summed E-state index contributed by atoms with van der Waals surface area (Å²) in [5, 5.41) is 0. The summed E-state index contributed by atoms with van der Waals surface area (Å²) in [5.74, 6) is 1.43. The number of carbonyl (C=O) groups is 3. The highest BCUT2D eigenvalue weighted by Crippen LogP contribution is 2.47. The van der Waals surface area contributed by atoms with Crippen molar-refractivity contribution in [2.75, 3.05) is 33.2 Å². The lowest BCUT2D eigenvalue weighted by atomic mass is 9.99. The molecule has 0 amide bonds. The van der Waals surface area contributed by atoms with E-state index in [1.54, 1.807) is 36.5 Å². The van der Waals surface area contributed by atoms with E-state index in [1.807, 2.05) is 30.3 Å². The molecular weight excluding hydrogens is 716 g/mol. The van der Waals surface area contributed by atoms with Crippen LogP contribution in [-0.4, -0.2) is 61.1 Å². The molecule has 4 aromatic rings. The van der Waals surface area contributed by atoms with Crippen molar-refractivity contribution in [2.24, 2.45) is 0 Å². The van der Waals surface area contributed by atoms with E-state index >= 15 is 0 Å². The number of benzene rings is 2. The lowest BCUT2D eigenvalue weighted by molar-refractivity contribution is -0.138. The van der Waals surface area contributed by atoms with Gasteiger partial charge in [0.25, 0.3) is 0 Å². The molecule has 1 aliphatic rings. The number of nitrogens with zero attached hydrogens (tertiary/aromatic N) is 2. The average Bonchev–Trinajstić information content (AvgIpc) is 3.50. The molecule has 0 saturated carbocycles. The highest BCUT2D eigenvalue weighted by atomic mass is 16.7. The lowest BCUT2D eigenvalue weighted by Crippen LogP contribution is -2.11. The van der Waals surface area contributed by atoms with Crippen molar-refractivity contribution in [3.63, 3.8) is 0 Å². The van der Waals surface area contributed by atoms with Crippen LogP contribution in [-0.2, 0) is 19.1 Å². The Labute approximate surface area is 327 Å². The molecule has 2 aromatic carbocycles. The third-order valence-corrected chi connectivity index (χ3v) is 9.00. The third-order valence-electron chi connectivity index (χ3n) is 9.00. The summed E-state index contributed by atoms with van der Waals surface area (Å²) in [6.45, 7) is 10.7. The van der Waals surface area contributed by atoms with E-state index in [4.69, 9.17) is 33.2 Å². The largest absolute Gasteiger partial charge is 0.492 e. The molecule has 0 radical (unpaired) electrons. The average molecular weight is 765 g/mol. The molecule has 1 unspecified atom stereocenters. The van der Waals surface area contributed by atoms with Crippen molar-refractivity contribution in [3.05, 3.63) is 115 Å². The van der Waals surface area contributed by atoms with Gasteiger partial charge in [-0.3, -0.25) is 0 Å². The highest BCUT2D eigenvalue weighted by Gasteiger charge is 2.27. The molecule has 294 valence electrons. The summed E-state index contributed by atoms with van der Waals surface area (Å²) in [5.41, 5.74) is 4.49. The normalized spacial score (nSPS) is 12.4. The zero-order chi connectivity index (χ0) is 39.5. The number of fused-ring (bicyclic) bond motifs is 3. The van der Waals surface area contributed by atoms with E-state index in [9.17, 15) is 14.4 Å². The number of unbranched alkanes of at least 4 members (excludes halogenated alkanes) is 6. The minimum Gasteiger partial charge on any atom is -0.492 e. The quantitative estimate of drug-likeness (QED) is 0.0222. The van der Waals surface area contributed by atoms with Crippen LogP contribution in [0.25, 0.3) is 11.1 Å². The zero-order valence-electron chi connectivity index (χ0n) is 31.7. The Hall–Kier alpha value is -6.17. The Morgan fingerprint density at radius 1 is 0.589 bits per heavy atom. The summed E-state index contributed by atoms with van der Waals surface area (Å²) in [7, 11) is 0. The number of aromatic nitrogens is 2. The Morgan fingerprint density at radius 3 is 1.64 bits per heavy atom. The Bertz CT molecular complexity index is 1930. The van der Waals surface area contributed by atoms with Gasteiger partial charge >= 0.3 is 17.9 Å². The fourth-order valence-corrected chi connectivity index (χ4v) is 6.01. The number of pyridine rings is 2. The van der Waals surface area contributed by atoms with Gasteiger partial charge in [0, 0.05) is 24.1 Å². The summed E-state index contributed by atoms with van der Waals surface area (Å²) in [6, 6.07) is 18.4. The smallest absolute Gasteiger partial charge is 0.362 e.